The highest BCUT2D eigenvalue weighted by molar-refractivity contribution is 6.43. The molecular weight excluding hydrogens is 367 g/mol. The van der Waals surface area contributed by atoms with Crippen LogP contribution in [0.2, 0.25) is 10.0 Å². The van der Waals surface area contributed by atoms with E-state index in [-0.39, 0.29) is 0 Å². The normalized spacial score (nSPS) is 25.2. The molecule has 2 aromatic heterocycles. The van der Waals surface area contributed by atoms with Gasteiger partial charge in [0.25, 0.3) is 0 Å². The molecule has 0 amide bonds. The smallest absolute Gasteiger partial charge is 0.0959 e. The summed E-state index contributed by atoms with van der Waals surface area (Å²) in [7, 11) is 0. The van der Waals surface area contributed by atoms with Crippen molar-refractivity contribution in [3.05, 3.63) is 46.7 Å². The van der Waals surface area contributed by atoms with Gasteiger partial charge < -0.3 is 15.6 Å². The second-order valence-electron chi connectivity index (χ2n) is 7.42. The van der Waals surface area contributed by atoms with Crippen molar-refractivity contribution in [1.29, 1.82) is 0 Å². The molecule has 2 bridgehead atoms. The monoisotopic (exact) mass is 386 g/mol. The predicted molar refractivity (Wildman–Crippen MR) is 108 cm³/mol. The molecule has 1 aromatic carbocycles. The van der Waals surface area contributed by atoms with Gasteiger partial charge in [-0.25, -0.2) is 0 Å². The summed E-state index contributed by atoms with van der Waals surface area (Å²) in [4.78, 5) is 10.7. The van der Waals surface area contributed by atoms with E-state index in [9.17, 15) is 0 Å². The molecule has 2 saturated heterocycles. The maximum absolute atomic E-state index is 6.40. The minimum atomic E-state index is 0.336. The van der Waals surface area contributed by atoms with Gasteiger partial charge in [-0.3, -0.25) is 4.98 Å². The zero-order valence-corrected chi connectivity index (χ0v) is 15.8. The molecule has 0 radical (unpaired) electrons. The van der Waals surface area contributed by atoms with E-state index in [1.165, 1.54) is 18.5 Å². The Bertz CT molecular complexity index is 969. The summed E-state index contributed by atoms with van der Waals surface area (Å²) < 4.78 is 0. The first-order chi connectivity index (χ1) is 12.6. The molecule has 1 unspecified atom stereocenters. The molecule has 5 rings (SSSR count). The summed E-state index contributed by atoms with van der Waals surface area (Å²) in [6, 6.07) is 9.29. The third-order valence-electron chi connectivity index (χ3n) is 5.81. The predicted octanol–water partition coefficient (Wildman–Crippen LogP) is 5.00. The summed E-state index contributed by atoms with van der Waals surface area (Å²) in [5.74, 6) is 0. The van der Waals surface area contributed by atoms with Crippen LogP contribution in [0.25, 0.3) is 22.2 Å². The number of aromatic amines is 1. The second-order valence-corrected chi connectivity index (χ2v) is 8.20. The molecule has 3 aromatic rings. The zero-order valence-electron chi connectivity index (χ0n) is 14.3. The largest absolute Gasteiger partial charge is 0.364 e. The van der Waals surface area contributed by atoms with Gasteiger partial charge >= 0.3 is 0 Å². The fraction of sp³-hybridized carbons (Fsp3) is 0.350. The molecule has 4 nitrogen and oxygen atoms in total. The molecule has 134 valence electrons. The second kappa shape index (κ2) is 6.15. The number of hydrogen-bond acceptors (Lipinski definition) is 3. The molecule has 26 heavy (non-hydrogen) atoms. The van der Waals surface area contributed by atoms with Crippen molar-refractivity contribution >= 4 is 39.9 Å². The average molecular weight is 387 g/mol. The molecule has 4 heterocycles. The van der Waals surface area contributed by atoms with Gasteiger partial charge in [0.1, 0.15) is 0 Å². The quantitative estimate of drug-likeness (QED) is 0.651. The van der Waals surface area contributed by atoms with Crippen LogP contribution in [0.1, 0.15) is 25.7 Å². The van der Waals surface area contributed by atoms with Crippen LogP contribution in [-0.4, -0.2) is 28.1 Å². The number of halogens is 2. The van der Waals surface area contributed by atoms with Gasteiger partial charge in [0.05, 0.1) is 33.0 Å². The highest BCUT2D eigenvalue weighted by atomic mass is 35.5. The number of pyridine rings is 1. The maximum atomic E-state index is 6.40. The van der Waals surface area contributed by atoms with E-state index in [0.717, 1.165) is 35.0 Å². The first kappa shape index (κ1) is 16.4. The average Bonchev–Trinajstić information content (AvgIpc) is 3.16. The van der Waals surface area contributed by atoms with Gasteiger partial charge in [0.2, 0.25) is 0 Å². The van der Waals surface area contributed by atoms with E-state index in [2.05, 4.69) is 16.0 Å². The number of nitrogens with zero attached hydrogens (tertiary/aromatic N) is 2. The lowest BCUT2D eigenvalue weighted by molar-refractivity contribution is 0.414. The lowest BCUT2D eigenvalue weighted by Gasteiger charge is -2.39. The number of H-pyrrole nitrogens is 1. The maximum Gasteiger partial charge on any atom is 0.0959 e. The van der Waals surface area contributed by atoms with Crippen molar-refractivity contribution in [2.24, 2.45) is 5.73 Å². The van der Waals surface area contributed by atoms with E-state index in [4.69, 9.17) is 33.9 Å². The molecule has 3 atom stereocenters. The van der Waals surface area contributed by atoms with Crippen LogP contribution in [-0.2, 0) is 0 Å². The first-order valence-electron chi connectivity index (χ1n) is 9.07. The molecule has 2 aliphatic rings. The van der Waals surface area contributed by atoms with E-state index >= 15 is 0 Å². The summed E-state index contributed by atoms with van der Waals surface area (Å²) >= 11 is 12.6. The van der Waals surface area contributed by atoms with Crippen molar-refractivity contribution in [2.45, 2.75) is 43.8 Å². The van der Waals surface area contributed by atoms with Gasteiger partial charge in [-0.1, -0.05) is 35.3 Å². The minimum Gasteiger partial charge on any atom is -0.364 e. The number of fused-ring (bicyclic) bond motifs is 3. The van der Waals surface area contributed by atoms with E-state index in [1.807, 2.05) is 24.5 Å². The Morgan fingerprint density at radius 1 is 1.12 bits per heavy atom. The molecule has 0 spiro atoms. The Kier molecular flexibility index (Phi) is 3.89. The van der Waals surface area contributed by atoms with Crippen LogP contribution in [0.5, 0.6) is 0 Å². The number of aromatic nitrogens is 2. The van der Waals surface area contributed by atoms with Crippen LogP contribution < -0.4 is 10.6 Å². The van der Waals surface area contributed by atoms with Crippen molar-refractivity contribution in [3.8, 4) is 11.1 Å². The van der Waals surface area contributed by atoms with Crippen molar-refractivity contribution in [1.82, 2.24) is 9.97 Å². The molecule has 6 heteroatoms. The molecule has 0 saturated carbocycles. The lowest BCUT2D eigenvalue weighted by atomic mass is 9.97. The molecule has 2 aliphatic heterocycles. The highest BCUT2D eigenvalue weighted by Gasteiger charge is 2.39. The number of anilines is 1. The zero-order chi connectivity index (χ0) is 17.8. The Labute approximate surface area is 162 Å². The topological polar surface area (TPSA) is 57.9 Å². The fourth-order valence-electron chi connectivity index (χ4n) is 4.70. The Hall–Kier alpha value is -1.75. The van der Waals surface area contributed by atoms with Crippen LogP contribution in [0.4, 0.5) is 5.69 Å². The highest BCUT2D eigenvalue weighted by Crippen LogP contribution is 2.41. The van der Waals surface area contributed by atoms with Gasteiger partial charge in [-0.2, -0.15) is 0 Å². The molecular formula is C20H20Cl2N4. The van der Waals surface area contributed by atoms with Crippen molar-refractivity contribution in [2.75, 3.05) is 4.90 Å². The minimum absolute atomic E-state index is 0.336. The number of benzene rings is 1. The Morgan fingerprint density at radius 3 is 2.65 bits per heavy atom. The van der Waals surface area contributed by atoms with E-state index < -0.39 is 0 Å². The lowest BCUT2D eigenvalue weighted by Crippen LogP contribution is -2.47. The van der Waals surface area contributed by atoms with E-state index in [0.29, 0.717) is 28.2 Å². The van der Waals surface area contributed by atoms with Crippen LogP contribution >= 0.6 is 23.2 Å². The standard InChI is InChI=1S/C20H20Cl2N4/c21-17-3-1-2-15(19(17)22)16-10-24-18-8-14(9-25-20(16)18)26-12-4-5-13(26)7-11(23)6-12/h1-3,8-13,24H,4-7,23H2/t11?,12-,13+. The number of nitrogens with two attached hydrogens (primary N) is 1. The molecule has 3 N–H and O–H groups in total. The number of piperidine rings is 1. The SMILES string of the molecule is NC1C[C@H]2CC[C@@H](C1)N2c1cnc2c(-c3cccc(Cl)c3Cl)c[nH]c2c1. The number of hydrogen-bond donors (Lipinski definition) is 2. The van der Waals surface area contributed by atoms with E-state index in [1.54, 1.807) is 6.07 Å². The molecule has 0 aliphatic carbocycles. The summed E-state index contributed by atoms with van der Waals surface area (Å²) in [5, 5.41) is 1.11. The van der Waals surface area contributed by atoms with Crippen LogP contribution in [0, 0.1) is 0 Å². The van der Waals surface area contributed by atoms with Crippen molar-refractivity contribution < 1.29 is 0 Å². The Morgan fingerprint density at radius 2 is 1.88 bits per heavy atom. The van der Waals surface area contributed by atoms with Crippen molar-refractivity contribution in [3.63, 3.8) is 0 Å². The van der Waals surface area contributed by atoms with Gasteiger partial charge in [0.15, 0.2) is 0 Å². The van der Waals surface area contributed by atoms with Gasteiger partial charge in [-0.05, 0) is 37.8 Å². The summed E-state index contributed by atoms with van der Waals surface area (Å²) in [6.07, 6.45) is 8.54. The van der Waals surface area contributed by atoms with Crippen LogP contribution in [0.15, 0.2) is 36.7 Å². The summed E-state index contributed by atoms with van der Waals surface area (Å²) in [6.45, 7) is 0. The van der Waals surface area contributed by atoms with Gasteiger partial charge in [-0.15, -0.1) is 0 Å². The third kappa shape index (κ3) is 2.51. The van der Waals surface area contributed by atoms with Gasteiger partial charge in [0, 0.05) is 35.4 Å². The Balaban J connectivity index is 1.56. The first-order valence-corrected chi connectivity index (χ1v) is 9.83. The fourth-order valence-corrected chi connectivity index (χ4v) is 5.10. The molecule has 2 fully saturated rings. The number of rotatable bonds is 2. The van der Waals surface area contributed by atoms with Crippen LogP contribution in [0.3, 0.4) is 0 Å². The summed E-state index contributed by atoms with van der Waals surface area (Å²) in [5.41, 5.74) is 11.2. The third-order valence-corrected chi connectivity index (χ3v) is 6.63. The number of nitrogens with one attached hydrogen (secondary N) is 1.